The summed E-state index contributed by atoms with van der Waals surface area (Å²) in [6.07, 6.45) is -2.67. The molecule has 2 aromatic carbocycles. The molecule has 0 radical (unpaired) electrons. The molecule has 1 aromatic heterocycles. The van der Waals surface area contributed by atoms with Gasteiger partial charge in [0.2, 0.25) is 5.88 Å². The summed E-state index contributed by atoms with van der Waals surface area (Å²) in [6, 6.07) is 10.8. The van der Waals surface area contributed by atoms with E-state index in [1.165, 1.54) is 0 Å². The number of halogens is 6. The van der Waals surface area contributed by atoms with E-state index in [1.54, 1.807) is 51.1 Å². The fourth-order valence-electron chi connectivity index (χ4n) is 7.54. The first-order chi connectivity index (χ1) is 25.5. The maximum Gasteiger partial charge on any atom is 0.417 e. The Labute approximate surface area is 311 Å². The predicted octanol–water partition coefficient (Wildman–Crippen LogP) is 8.56. The molecule has 9 nitrogen and oxygen atoms in total. The molecule has 4 atom stereocenters. The first-order valence-corrected chi connectivity index (χ1v) is 18.1. The Bertz CT molecular complexity index is 2130. The normalized spacial score (nSPS) is 25.3. The highest BCUT2D eigenvalue weighted by atomic mass is 32.2. The highest BCUT2D eigenvalue weighted by Gasteiger charge is 2.54. The van der Waals surface area contributed by atoms with Gasteiger partial charge in [-0.25, -0.2) is 18.0 Å². The molecule has 2 fully saturated rings. The number of thioether (sulfide) groups is 1. The van der Waals surface area contributed by atoms with Gasteiger partial charge in [0.1, 0.15) is 41.7 Å². The average Bonchev–Trinajstić information content (AvgIpc) is 3.76. The van der Waals surface area contributed by atoms with E-state index in [1.807, 2.05) is 11.0 Å². The third-order valence-electron chi connectivity index (χ3n) is 9.83. The van der Waals surface area contributed by atoms with Gasteiger partial charge in [-0.3, -0.25) is 10.2 Å². The number of alkyl carbamates (subject to hydrolysis) is 1. The van der Waals surface area contributed by atoms with E-state index in [2.05, 4.69) is 15.3 Å². The zero-order valence-corrected chi connectivity index (χ0v) is 30.2. The van der Waals surface area contributed by atoms with E-state index in [9.17, 15) is 14.4 Å². The molecule has 54 heavy (non-hydrogen) atoms. The van der Waals surface area contributed by atoms with Crippen molar-refractivity contribution in [3.8, 4) is 18.0 Å². The maximum absolute atomic E-state index is 17.2. The number of carbonyl (C=O) groups is 1. The lowest BCUT2D eigenvalue weighted by Crippen LogP contribution is -2.43. The van der Waals surface area contributed by atoms with Crippen LogP contribution in [0.3, 0.4) is 0 Å². The lowest BCUT2D eigenvalue weighted by atomic mass is 9.71. The summed E-state index contributed by atoms with van der Waals surface area (Å²) >= 11 is 0.679. The number of nitriles is 1. The Morgan fingerprint density at radius 3 is 2.59 bits per heavy atom. The molecule has 0 bridgehead atoms. The van der Waals surface area contributed by atoms with Crippen LogP contribution in [0.5, 0.6) is 11.9 Å². The molecule has 1 aliphatic carbocycles. The van der Waals surface area contributed by atoms with Crippen LogP contribution in [0.2, 0.25) is 0 Å². The van der Waals surface area contributed by atoms with Gasteiger partial charge >= 0.3 is 18.3 Å². The lowest BCUT2D eigenvalue weighted by Gasteiger charge is -2.33. The van der Waals surface area contributed by atoms with E-state index >= 15 is 22.0 Å². The number of benzene rings is 2. The quantitative estimate of drug-likeness (QED) is 0.225. The second kappa shape index (κ2) is 13.8. The number of ether oxygens (including phenoxy) is 3. The summed E-state index contributed by atoms with van der Waals surface area (Å²) in [5.41, 5.74) is -6.79. The number of amides is 1. The van der Waals surface area contributed by atoms with Crippen LogP contribution < -0.4 is 14.8 Å². The van der Waals surface area contributed by atoms with Crippen LogP contribution in [-0.2, 0) is 17.5 Å². The summed E-state index contributed by atoms with van der Waals surface area (Å²) in [5, 5.41) is 11.0. The van der Waals surface area contributed by atoms with Crippen LogP contribution in [-0.4, -0.2) is 63.2 Å². The molecule has 284 valence electrons. The molecule has 1 N–H and O–H groups in total. The number of rotatable bonds is 8. The number of alkyl halides is 4. The summed E-state index contributed by atoms with van der Waals surface area (Å²) in [7, 11) is 0. The minimum absolute atomic E-state index is 0.0595. The zero-order valence-electron chi connectivity index (χ0n) is 29.4. The highest BCUT2D eigenvalue weighted by Crippen LogP contribution is 2.58. The van der Waals surface area contributed by atoms with Gasteiger partial charge < -0.3 is 14.2 Å². The number of carbonyl (C=O) groups excluding carboxylic acids is 1. The molecule has 1 amide bonds. The average molecular weight is 772 g/mol. The molecular weight excluding hydrogens is 737 g/mol. The molecule has 16 heteroatoms. The van der Waals surface area contributed by atoms with Crippen LogP contribution >= 0.6 is 11.8 Å². The molecular formula is C38H35F6N5O4S. The van der Waals surface area contributed by atoms with Gasteiger partial charge in [0, 0.05) is 18.5 Å². The maximum atomic E-state index is 17.2. The number of fused-ring (bicyclic) bond motifs is 3. The Balaban J connectivity index is 1.36. The van der Waals surface area contributed by atoms with Crippen LogP contribution in [0.25, 0.3) is 16.5 Å². The molecule has 3 aliphatic heterocycles. The van der Waals surface area contributed by atoms with Crippen molar-refractivity contribution in [3.63, 3.8) is 0 Å². The Kier molecular flexibility index (Phi) is 9.62. The van der Waals surface area contributed by atoms with Gasteiger partial charge in [-0.15, -0.1) is 0 Å². The summed E-state index contributed by atoms with van der Waals surface area (Å²) in [5.74, 6) is -2.76. The molecule has 7 rings (SSSR count). The van der Waals surface area contributed by atoms with E-state index < -0.39 is 91.4 Å². The highest BCUT2D eigenvalue weighted by molar-refractivity contribution is 8.04. The molecule has 0 spiro atoms. The SMILES string of the molecule is CC(C)(C)OC(=O)NC1=CC2(C#N)C(c3c(C(F)(F)F)cc4c(OCc5ccccc5)nc(OCC56CCCN5C[C@H](F)C6)nc4c3F)=CC=C(F)C2S1. The van der Waals surface area contributed by atoms with Crippen molar-refractivity contribution in [2.24, 2.45) is 5.41 Å². The van der Waals surface area contributed by atoms with Crippen LogP contribution in [0.4, 0.5) is 31.1 Å². The second-order valence-electron chi connectivity index (χ2n) is 14.7. The minimum Gasteiger partial charge on any atom is -0.472 e. The van der Waals surface area contributed by atoms with Gasteiger partial charge in [0.05, 0.1) is 32.8 Å². The monoisotopic (exact) mass is 771 g/mol. The third-order valence-corrected chi connectivity index (χ3v) is 11.1. The van der Waals surface area contributed by atoms with Gasteiger partial charge in [-0.2, -0.15) is 28.4 Å². The second-order valence-corrected chi connectivity index (χ2v) is 15.8. The van der Waals surface area contributed by atoms with E-state index in [0.29, 0.717) is 36.4 Å². The van der Waals surface area contributed by atoms with Crippen LogP contribution in [0.15, 0.2) is 65.5 Å². The lowest BCUT2D eigenvalue weighted by molar-refractivity contribution is -0.137. The number of nitrogens with one attached hydrogen (secondary N) is 1. The van der Waals surface area contributed by atoms with Gasteiger partial charge in [-0.05, 0) is 69.5 Å². The number of hydrogen-bond donors (Lipinski definition) is 1. The molecule has 0 saturated carbocycles. The Morgan fingerprint density at radius 1 is 1.13 bits per heavy atom. The molecule has 2 saturated heterocycles. The number of aromatic nitrogens is 2. The van der Waals surface area contributed by atoms with Crippen LogP contribution in [0.1, 0.15) is 56.7 Å². The fraction of sp³-hybridized carbons (Fsp3) is 0.421. The number of hydrogen-bond acceptors (Lipinski definition) is 9. The van der Waals surface area contributed by atoms with Gasteiger partial charge in [-0.1, -0.05) is 48.2 Å². The van der Waals surface area contributed by atoms with Crippen LogP contribution in [0, 0.1) is 22.6 Å². The Morgan fingerprint density at radius 2 is 1.89 bits per heavy atom. The van der Waals surface area contributed by atoms with Crippen molar-refractivity contribution >= 4 is 34.3 Å². The van der Waals surface area contributed by atoms with E-state index in [4.69, 9.17) is 14.2 Å². The molecule has 4 heterocycles. The fourth-order valence-corrected chi connectivity index (χ4v) is 8.82. The van der Waals surface area contributed by atoms with Crippen molar-refractivity contribution in [2.75, 3.05) is 19.7 Å². The third kappa shape index (κ3) is 6.99. The topological polar surface area (TPSA) is 110 Å². The summed E-state index contributed by atoms with van der Waals surface area (Å²) in [6.45, 7) is 5.52. The smallest absolute Gasteiger partial charge is 0.417 e. The largest absolute Gasteiger partial charge is 0.472 e. The summed E-state index contributed by atoms with van der Waals surface area (Å²) in [4.78, 5) is 23.1. The van der Waals surface area contributed by atoms with Gasteiger partial charge in [0.15, 0.2) is 5.82 Å². The minimum atomic E-state index is -5.20. The molecule has 4 aliphatic rings. The predicted molar refractivity (Wildman–Crippen MR) is 188 cm³/mol. The first-order valence-electron chi connectivity index (χ1n) is 17.2. The van der Waals surface area contributed by atoms with Crippen molar-refractivity contribution in [2.45, 2.75) is 75.4 Å². The molecule has 3 unspecified atom stereocenters. The van der Waals surface area contributed by atoms with Crippen molar-refractivity contribution in [3.05, 3.63) is 88.0 Å². The number of allylic oxidation sites excluding steroid dienone is 4. The molecule has 3 aromatic rings. The van der Waals surface area contributed by atoms with E-state index in [-0.39, 0.29) is 31.2 Å². The summed E-state index contributed by atoms with van der Waals surface area (Å²) < 4.78 is 110. The van der Waals surface area contributed by atoms with Crippen molar-refractivity contribution in [1.29, 1.82) is 5.26 Å². The van der Waals surface area contributed by atoms with Gasteiger partial charge in [0.25, 0.3) is 0 Å². The number of nitrogens with zero attached hydrogens (tertiary/aromatic N) is 4. The first kappa shape index (κ1) is 37.6. The van der Waals surface area contributed by atoms with Crippen molar-refractivity contribution < 1.29 is 45.3 Å². The Hall–Kier alpha value is -4.75. The van der Waals surface area contributed by atoms with Crippen molar-refractivity contribution in [1.82, 2.24) is 20.2 Å². The standard InChI is InChI=1S/C38H35F6N5O4S/c1-35(2,3)53-34(50)46-27-16-37(19-45)24(10-11-26(40)31(37)54-27)28-25(38(42,43)44)14-23-30(29(28)41)47-33(48-32(23)51-18-21-8-5-4-6-9-21)52-20-36-12-7-13-49(36)17-22(39)15-36/h4-6,8-11,14,16,22,31H,7,12-13,15,17-18,20H2,1-3H3,(H,46,50)/t22-,31?,36?,37?/m1/s1. The van der Waals surface area contributed by atoms with E-state index in [0.717, 1.165) is 24.6 Å². The zero-order chi connectivity index (χ0) is 38.6.